The lowest BCUT2D eigenvalue weighted by molar-refractivity contribution is -0.257. The van der Waals surface area contributed by atoms with E-state index >= 15 is 0 Å². The lowest BCUT2D eigenvalue weighted by Gasteiger charge is -2.36. The number of anilines is 1. The predicted molar refractivity (Wildman–Crippen MR) is 138 cm³/mol. The Bertz CT molecular complexity index is 1440. The van der Waals surface area contributed by atoms with E-state index in [1.54, 1.807) is 13.8 Å². The second-order valence-electron chi connectivity index (χ2n) is 10.1. The molecule has 15 heteroatoms. The first-order valence-corrected chi connectivity index (χ1v) is 15.3. The van der Waals surface area contributed by atoms with Gasteiger partial charge in [-0.1, -0.05) is 6.07 Å². The van der Waals surface area contributed by atoms with Gasteiger partial charge >= 0.3 is 12.1 Å². The Hall–Kier alpha value is -2.91. The first kappa shape index (κ1) is 31.6. The summed E-state index contributed by atoms with van der Waals surface area (Å²) in [6.07, 6.45) is -6.37. The van der Waals surface area contributed by atoms with Crippen LogP contribution in [0.1, 0.15) is 39.7 Å². The van der Waals surface area contributed by atoms with Gasteiger partial charge in [0.05, 0.1) is 29.3 Å². The molecular formula is C25H30F4N2O7S2. The van der Waals surface area contributed by atoms with Crippen molar-refractivity contribution in [3.8, 4) is 5.75 Å². The molecule has 2 aromatic rings. The van der Waals surface area contributed by atoms with Gasteiger partial charge in [-0.25, -0.2) is 25.9 Å². The Kier molecular flexibility index (Phi) is 9.11. The van der Waals surface area contributed by atoms with E-state index in [0.29, 0.717) is 13.8 Å². The molecule has 1 aliphatic heterocycles. The highest BCUT2D eigenvalue weighted by Crippen LogP contribution is 2.39. The maximum atomic E-state index is 13.6. The van der Waals surface area contributed by atoms with E-state index in [1.165, 1.54) is 18.2 Å². The molecule has 222 valence electrons. The first-order chi connectivity index (χ1) is 18.3. The molecule has 9 nitrogen and oxygen atoms in total. The topological polar surface area (TPSA) is 119 Å². The van der Waals surface area contributed by atoms with Crippen molar-refractivity contribution >= 4 is 31.7 Å². The normalized spacial score (nSPS) is 16.4. The van der Waals surface area contributed by atoms with Crippen molar-refractivity contribution in [1.82, 2.24) is 4.72 Å². The number of nitrogens with zero attached hydrogens (tertiary/aromatic N) is 1. The third-order valence-electron chi connectivity index (χ3n) is 5.88. The van der Waals surface area contributed by atoms with Crippen molar-refractivity contribution < 1.29 is 48.7 Å². The molecule has 3 rings (SSSR count). The molecule has 0 bridgehead atoms. The molecule has 0 amide bonds. The van der Waals surface area contributed by atoms with Gasteiger partial charge in [-0.3, -0.25) is 9.10 Å². The summed E-state index contributed by atoms with van der Waals surface area (Å²) in [5, 5.41) is 0. The molecule has 0 aliphatic carbocycles. The van der Waals surface area contributed by atoms with Crippen LogP contribution in [0.15, 0.2) is 47.4 Å². The quantitative estimate of drug-likeness (QED) is 0.320. The Morgan fingerprint density at radius 1 is 1.10 bits per heavy atom. The van der Waals surface area contributed by atoms with Gasteiger partial charge in [-0.2, -0.15) is 13.2 Å². The first-order valence-electron chi connectivity index (χ1n) is 12.2. The lowest BCUT2D eigenvalue weighted by atomic mass is 10.1. The molecule has 0 saturated carbocycles. The second kappa shape index (κ2) is 11.5. The number of hydrogen-bond donors (Lipinski definition) is 1. The SMILES string of the molecule is CC(C)NS(=O)(=O)CC[C@H]1CN(S(=O)(=O)c2ccc(F)cc2)c2cc(CC(=O)OC(C)(C)C(F)(F)F)ccc2O1. The highest BCUT2D eigenvalue weighted by atomic mass is 32.2. The number of nitrogens with one attached hydrogen (secondary N) is 1. The van der Waals surface area contributed by atoms with Crippen molar-refractivity contribution in [3.63, 3.8) is 0 Å². The Morgan fingerprint density at radius 3 is 2.30 bits per heavy atom. The number of halogens is 4. The Morgan fingerprint density at radius 2 is 1.73 bits per heavy atom. The van der Waals surface area contributed by atoms with Crippen molar-refractivity contribution in [1.29, 1.82) is 0 Å². The number of carbonyl (C=O) groups is 1. The smallest absolute Gasteiger partial charge is 0.427 e. The number of sulfonamides is 2. The third kappa shape index (κ3) is 7.63. The van der Waals surface area contributed by atoms with E-state index in [-0.39, 0.29) is 46.7 Å². The predicted octanol–water partition coefficient (Wildman–Crippen LogP) is 3.93. The minimum Gasteiger partial charge on any atom is -0.486 e. The monoisotopic (exact) mass is 610 g/mol. The maximum absolute atomic E-state index is 13.6. The minimum absolute atomic E-state index is 0.0240. The van der Waals surface area contributed by atoms with Gasteiger partial charge in [0.25, 0.3) is 10.0 Å². The molecule has 2 aromatic carbocycles. The number of carbonyl (C=O) groups excluding carboxylic acids is 1. The molecule has 1 N–H and O–H groups in total. The van der Waals surface area contributed by atoms with Crippen LogP contribution in [0, 0.1) is 5.82 Å². The molecule has 1 heterocycles. The summed E-state index contributed by atoms with van der Waals surface area (Å²) in [6.45, 7) is 4.40. The Balaban J connectivity index is 1.94. The van der Waals surface area contributed by atoms with Gasteiger partial charge in [0.15, 0.2) is 0 Å². The van der Waals surface area contributed by atoms with Crippen molar-refractivity contribution in [2.45, 2.75) is 69.4 Å². The van der Waals surface area contributed by atoms with Crippen LogP contribution < -0.4 is 13.8 Å². The van der Waals surface area contributed by atoms with Crippen LogP contribution in [0.3, 0.4) is 0 Å². The molecule has 0 spiro atoms. The second-order valence-corrected chi connectivity index (χ2v) is 13.8. The van der Waals surface area contributed by atoms with Gasteiger partial charge in [0, 0.05) is 12.5 Å². The van der Waals surface area contributed by atoms with Gasteiger partial charge in [0.2, 0.25) is 15.6 Å². The molecule has 1 atom stereocenters. The Labute approximate surface area is 230 Å². The van der Waals surface area contributed by atoms with Crippen molar-refractivity contribution in [2.75, 3.05) is 16.6 Å². The maximum Gasteiger partial charge on any atom is 0.427 e. The number of alkyl halides is 3. The summed E-state index contributed by atoms with van der Waals surface area (Å²) in [7, 11) is -8.02. The standard InChI is InChI=1S/C25H30F4N2O7S2/c1-16(2)30-39(33,34)12-11-19-15-31(40(35,36)20-8-6-18(26)7-9-20)21-13-17(5-10-22(21)37-19)14-23(32)38-24(3,4)25(27,28)29/h5-10,13,16,19,30H,11-12,14-15H2,1-4H3/t19-/m0/s1. The number of ether oxygens (including phenoxy) is 2. The lowest BCUT2D eigenvalue weighted by Crippen LogP contribution is -2.45. The summed E-state index contributed by atoms with van der Waals surface area (Å²) in [6, 6.07) is 7.68. The van der Waals surface area contributed by atoms with E-state index < -0.39 is 56.1 Å². The largest absolute Gasteiger partial charge is 0.486 e. The fourth-order valence-corrected chi connectivity index (χ4v) is 6.74. The summed E-state index contributed by atoms with van der Waals surface area (Å²) < 4.78 is 119. The summed E-state index contributed by atoms with van der Waals surface area (Å²) >= 11 is 0. The van der Waals surface area contributed by atoms with Crippen LogP contribution in [0.5, 0.6) is 5.75 Å². The zero-order valence-electron chi connectivity index (χ0n) is 22.2. The number of fused-ring (bicyclic) bond motifs is 1. The molecular weight excluding hydrogens is 580 g/mol. The van der Waals surface area contributed by atoms with Gasteiger partial charge < -0.3 is 9.47 Å². The van der Waals surface area contributed by atoms with E-state index in [2.05, 4.69) is 9.46 Å². The van der Waals surface area contributed by atoms with Crippen molar-refractivity contribution in [2.24, 2.45) is 0 Å². The van der Waals surface area contributed by atoms with Gasteiger partial charge in [-0.15, -0.1) is 0 Å². The van der Waals surface area contributed by atoms with Crippen LogP contribution in [0.2, 0.25) is 0 Å². The van der Waals surface area contributed by atoms with Gasteiger partial charge in [0.1, 0.15) is 17.7 Å². The zero-order chi connectivity index (χ0) is 30.1. The zero-order valence-corrected chi connectivity index (χ0v) is 23.8. The molecule has 0 unspecified atom stereocenters. The fraction of sp³-hybridized carbons (Fsp3) is 0.480. The number of esters is 1. The molecule has 0 saturated heterocycles. The van der Waals surface area contributed by atoms with Gasteiger partial charge in [-0.05, 0) is 69.7 Å². The van der Waals surface area contributed by atoms with E-state index in [4.69, 9.17) is 4.74 Å². The number of rotatable bonds is 10. The average molecular weight is 611 g/mol. The summed E-state index contributed by atoms with van der Waals surface area (Å²) in [5.41, 5.74) is -2.62. The molecule has 1 aliphatic rings. The highest BCUT2D eigenvalue weighted by molar-refractivity contribution is 7.92. The summed E-state index contributed by atoms with van der Waals surface area (Å²) in [4.78, 5) is 12.0. The van der Waals surface area contributed by atoms with Crippen LogP contribution >= 0.6 is 0 Å². The van der Waals surface area contributed by atoms with E-state index in [9.17, 15) is 39.2 Å². The van der Waals surface area contributed by atoms with E-state index in [1.807, 2.05) is 0 Å². The van der Waals surface area contributed by atoms with Crippen molar-refractivity contribution in [3.05, 3.63) is 53.8 Å². The highest BCUT2D eigenvalue weighted by Gasteiger charge is 2.50. The third-order valence-corrected chi connectivity index (χ3v) is 9.28. The molecule has 0 fully saturated rings. The summed E-state index contributed by atoms with van der Waals surface area (Å²) in [5.74, 6) is -2.16. The average Bonchev–Trinajstić information content (AvgIpc) is 2.80. The van der Waals surface area contributed by atoms with Crippen LogP contribution in [-0.2, 0) is 36.0 Å². The van der Waals surface area contributed by atoms with Crippen LogP contribution in [0.4, 0.5) is 23.2 Å². The fourth-order valence-electron chi connectivity index (χ4n) is 3.83. The number of benzene rings is 2. The molecule has 0 radical (unpaired) electrons. The van der Waals surface area contributed by atoms with Crippen LogP contribution in [0.25, 0.3) is 0 Å². The van der Waals surface area contributed by atoms with E-state index in [0.717, 1.165) is 28.6 Å². The number of hydrogen-bond acceptors (Lipinski definition) is 7. The molecule has 0 aromatic heterocycles. The van der Waals surface area contributed by atoms with Crippen LogP contribution in [-0.4, -0.2) is 59.0 Å². The minimum atomic E-state index is -4.81. The molecule has 40 heavy (non-hydrogen) atoms.